The van der Waals surface area contributed by atoms with Crippen LogP contribution in [0.2, 0.25) is 0 Å². The van der Waals surface area contributed by atoms with Gasteiger partial charge in [-0.2, -0.15) is 4.31 Å². The molecule has 32 heavy (non-hydrogen) atoms. The van der Waals surface area contributed by atoms with E-state index >= 15 is 0 Å². The SMILES string of the molecule is COC(=O)c1ccc(C(=O)OC)c(S(=O)(=O)Nc2cccc(S(=O)(=O)N3CCCC3)c2)c1. The second-order valence-electron chi connectivity index (χ2n) is 6.94. The monoisotopic (exact) mass is 482 g/mol. The number of carbonyl (C=O) groups excluding carboxylic acids is 2. The minimum atomic E-state index is -4.41. The lowest BCUT2D eigenvalue weighted by molar-refractivity contribution is 0.0583. The molecular weight excluding hydrogens is 460 g/mol. The molecule has 2 aromatic rings. The maximum atomic E-state index is 13.1. The molecule has 1 saturated heterocycles. The van der Waals surface area contributed by atoms with Gasteiger partial charge in [0.2, 0.25) is 10.0 Å². The van der Waals surface area contributed by atoms with E-state index in [0.29, 0.717) is 13.1 Å². The molecule has 0 aromatic heterocycles. The average Bonchev–Trinajstić information content (AvgIpc) is 3.33. The number of hydrogen-bond acceptors (Lipinski definition) is 8. The summed E-state index contributed by atoms with van der Waals surface area (Å²) in [5.41, 5.74) is -0.413. The summed E-state index contributed by atoms with van der Waals surface area (Å²) < 4.78 is 64.6. The molecule has 3 rings (SSSR count). The molecule has 1 aliphatic rings. The van der Waals surface area contributed by atoms with Crippen molar-refractivity contribution >= 4 is 37.7 Å². The normalized spacial score (nSPS) is 14.7. The van der Waals surface area contributed by atoms with Crippen LogP contribution in [0.4, 0.5) is 5.69 Å². The molecule has 0 amide bonds. The summed E-state index contributed by atoms with van der Waals surface area (Å²) in [4.78, 5) is 23.4. The van der Waals surface area contributed by atoms with E-state index in [1.165, 1.54) is 34.6 Å². The van der Waals surface area contributed by atoms with Crippen molar-refractivity contribution in [3.63, 3.8) is 0 Å². The summed E-state index contributed by atoms with van der Waals surface area (Å²) in [6.45, 7) is 0.808. The highest BCUT2D eigenvalue weighted by Crippen LogP contribution is 2.26. The summed E-state index contributed by atoms with van der Waals surface area (Å²) in [5.74, 6) is -1.72. The van der Waals surface area contributed by atoms with Crippen LogP contribution in [0.25, 0.3) is 0 Å². The molecule has 1 aliphatic heterocycles. The molecule has 0 radical (unpaired) electrons. The molecule has 0 saturated carbocycles. The van der Waals surface area contributed by atoms with Crippen LogP contribution in [0.5, 0.6) is 0 Å². The zero-order valence-corrected chi connectivity index (χ0v) is 19.0. The van der Waals surface area contributed by atoms with Crippen LogP contribution in [0.1, 0.15) is 33.6 Å². The first-order valence-electron chi connectivity index (χ1n) is 9.54. The number of carbonyl (C=O) groups is 2. The third kappa shape index (κ3) is 4.76. The Balaban J connectivity index is 2.01. The van der Waals surface area contributed by atoms with Gasteiger partial charge in [0.05, 0.1) is 35.9 Å². The van der Waals surface area contributed by atoms with E-state index in [4.69, 9.17) is 0 Å². The molecule has 12 heteroatoms. The van der Waals surface area contributed by atoms with Gasteiger partial charge < -0.3 is 9.47 Å². The van der Waals surface area contributed by atoms with E-state index in [-0.39, 0.29) is 21.7 Å². The highest BCUT2D eigenvalue weighted by molar-refractivity contribution is 7.92. The number of anilines is 1. The Morgan fingerprint density at radius 1 is 0.906 bits per heavy atom. The van der Waals surface area contributed by atoms with E-state index in [1.807, 2.05) is 0 Å². The minimum absolute atomic E-state index is 0.0236. The van der Waals surface area contributed by atoms with Gasteiger partial charge in [-0.05, 0) is 49.2 Å². The Kier molecular flexibility index (Phi) is 6.86. The van der Waals surface area contributed by atoms with Crippen LogP contribution in [0, 0.1) is 0 Å². The van der Waals surface area contributed by atoms with Gasteiger partial charge in [0.25, 0.3) is 10.0 Å². The lowest BCUT2D eigenvalue weighted by Crippen LogP contribution is -2.28. The Bertz CT molecular complexity index is 1250. The van der Waals surface area contributed by atoms with Gasteiger partial charge in [0, 0.05) is 13.1 Å². The number of nitrogens with one attached hydrogen (secondary N) is 1. The molecule has 0 atom stereocenters. The number of rotatable bonds is 7. The molecule has 0 aliphatic carbocycles. The van der Waals surface area contributed by atoms with Crippen molar-refractivity contribution in [1.82, 2.24) is 4.31 Å². The van der Waals surface area contributed by atoms with Crippen molar-refractivity contribution in [3.8, 4) is 0 Å². The van der Waals surface area contributed by atoms with Gasteiger partial charge in [-0.1, -0.05) is 6.07 Å². The van der Waals surface area contributed by atoms with Crippen LogP contribution < -0.4 is 4.72 Å². The van der Waals surface area contributed by atoms with E-state index < -0.39 is 36.9 Å². The van der Waals surface area contributed by atoms with Gasteiger partial charge in [0.1, 0.15) is 4.90 Å². The first-order valence-corrected chi connectivity index (χ1v) is 12.5. The summed E-state index contributed by atoms with van der Waals surface area (Å²) in [7, 11) is -5.95. The molecule has 1 heterocycles. The zero-order valence-electron chi connectivity index (χ0n) is 17.4. The van der Waals surface area contributed by atoms with E-state index in [0.717, 1.165) is 39.2 Å². The number of ether oxygens (including phenoxy) is 2. The fraction of sp³-hybridized carbons (Fsp3) is 0.300. The fourth-order valence-corrected chi connectivity index (χ4v) is 6.11. The predicted octanol–water partition coefficient (Wildman–Crippen LogP) is 1.85. The van der Waals surface area contributed by atoms with Crippen molar-refractivity contribution in [2.75, 3.05) is 32.0 Å². The van der Waals surface area contributed by atoms with Gasteiger partial charge >= 0.3 is 11.9 Å². The van der Waals surface area contributed by atoms with Crippen LogP contribution in [0.15, 0.2) is 52.3 Å². The average molecular weight is 483 g/mol. The van der Waals surface area contributed by atoms with E-state index in [1.54, 1.807) is 0 Å². The van der Waals surface area contributed by atoms with Crippen molar-refractivity contribution in [3.05, 3.63) is 53.6 Å². The quantitative estimate of drug-likeness (QED) is 0.591. The number of methoxy groups -OCH3 is 2. The molecule has 0 bridgehead atoms. The highest BCUT2D eigenvalue weighted by atomic mass is 32.2. The molecule has 1 fully saturated rings. The standard InChI is InChI=1S/C20H22N2O8S2/c1-29-19(23)14-8-9-17(20(24)30-2)18(12-14)31(25,26)21-15-6-5-7-16(13-15)32(27,28)22-10-3-4-11-22/h5-9,12-13,21H,3-4,10-11H2,1-2H3. The number of sulfonamides is 2. The second kappa shape index (κ2) is 9.27. The summed E-state index contributed by atoms with van der Waals surface area (Å²) in [6.07, 6.45) is 1.52. The lowest BCUT2D eigenvalue weighted by atomic mass is 10.1. The molecule has 10 nitrogen and oxygen atoms in total. The third-order valence-corrected chi connectivity index (χ3v) is 8.20. The van der Waals surface area contributed by atoms with Crippen LogP contribution in [0.3, 0.4) is 0 Å². The van der Waals surface area contributed by atoms with Gasteiger partial charge in [-0.3, -0.25) is 4.72 Å². The molecule has 0 spiro atoms. The molecule has 0 unspecified atom stereocenters. The number of hydrogen-bond donors (Lipinski definition) is 1. The Morgan fingerprint density at radius 3 is 2.19 bits per heavy atom. The zero-order chi connectivity index (χ0) is 23.5. The van der Waals surface area contributed by atoms with E-state index in [9.17, 15) is 26.4 Å². The molecule has 2 aromatic carbocycles. The summed E-state index contributed by atoms with van der Waals surface area (Å²) >= 11 is 0. The third-order valence-electron chi connectivity index (χ3n) is 4.89. The maximum absolute atomic E-state index is 13.1. The van der Waals surface area contributed by atoms with Crippen molar-refractivity contribution < 1.29 is 35.9 Å². The first-order chi connectivity index (χ1) is 15.1. The topological polar surface area (TPSA) is 136 Å². The number of benzene rings is 2. The van der Waals surface area contributed by atoms with Gasteiger partial charge in [-0.25, -0.2) is 26.4 Å². The number of esters is 2. The summed E-state index contributed by atoms with van der Waals surface area (Å²) in [6, 6.07) is 8.73. The molecular formula is C20H22N2O8S2. The van der Waals surface area contributed by atoms with Gasteiger partial charge in [-0.15, -0.1) is 0 Å². The first kappa shape index (κ1) is 23.7. The van der Waals surface area contributed by atoms with E-state index in [2.05, 4.69) is 14.2 Å². The van der Waals surface area contributed by atoms with Crippen molar-refractivity contribution in [2.24, 2.45) is 0 Å². The highest BCUT2D eigenvalue weighted by Gasteiger charge is 2.29. The minimum Gasteiger partial charge on any atom is -0.465 e. The van der Waals surface area contributed by atoms with Crippen LogP contribution in [-0.2, 0) is 29.5 Å². The Morgan fingerprint density at radius 2 is 1.56 bits per heavy atom. The second-order valence-corrected chi connectivity index (χ2v) is 10.5. The number of nitrogens with zero attached hydrogens (tertiary/aromatic N) is 1. The van der Waals surface area contributed by atoms with Crippen molar-refractivity contribution in [1.29, 1.82) is 0 Å². The Labute approximate surface area is 186 Å². The van der Waals surface area contributed by atoms with Crippen molar-refractivity contribution in [2.45, 2.75) is 22.6 Å². The van der Waals surface area contributed by atoms with Gasteiger partial charge in [0.15, 0.2) is 0 Å². The van der Waals surface area contributed by atoms with Crippen LogP contribution in [-0.4, -0.2) is 60.4 Å². The van der Waals surface area contributed by atoms with Crippen LogP contribution >= 0.6 is 0 Å². The molecule has 172 valence electrons. The Hall–Kier alpha value is -2.96. The lowest BCUT2D eigenvalue weighted by Gasteiger charge is -2.17. The molecule has 1 N–H and O–H groups in total. The fourth-order valence-electron chi connectivity index (χ4n) is 3.28. The summed E-state index contributed by atoms with van der Waals surface area (Å²) in [5, 5.41) is 0. The maximum Gasteiger partial charge on any atom is 0.339 e. The predicted molar refractivity (Wildman–Crippen MR) is 114 cm³/mol. The smallest absolute Gasteiger partial charge is 0.339 e. The largest absolute Gasteiger partial charge is 0.465 e.